The van der Waals surface area contributed by atoms with Crippen LogP contribution in [0.4, 0.5) is 0 Å². The van der Waals surface area contributed by atoms with Gasteiger partial charge in [-0.2, -0.15) is 0 Å². The van der Waals surface area contributed by atoms with Crippen LogP contribution in [0.5, 0.6) is 0 Å². The number of amidine groups is 1. The van der Waals surface area contributed by atoms with E-state index < -0.39 is 0 Å². The highest BCUT2D eigenvalue weighted by Crippen LogP contribution is 2.23. The molecule has 0 atom stereocenters. The molecule has 0 bridgehead atoms. The van der Waals surface area contributed by atoms with Crippen LogP contribution in [0.2, 0.25) is 5.02 Å². The van der Waals surface area contributed by atoms with Gasteiger partial charge in [0.15, 0.2) is 5.84 Å². The molecular formula is C10H14ClN3O2S. The number of amides is 1. The van der Waals surface area contributed by atoms with E-state index in [-0.39, 0.29) is 18.3 Å². The Morgan fingerprint density at radius 2 is 2.41 bits per heavy atom. The molecule has 5 nitrogen and oxygen atoms in total. The van der Waals surface area contributed by atoms with Crippen molar-refractivity contribution in [2.45, 2.75) is 13.3 Å². The van der Waals surface area contributed by atoms with Gasteiger partial charge in [0.1, 0.15) is 4.88 Å². The summed E-state index contributed by atoms with van der Waals surface area (Å²) in [5, 5.41) is 13.6. The molecule has 0 unspecified atom stereocenters. The topological polar surface area (TPSA) is 78.9 Å². The minimum Gasteiger partial charge on any atom is -0.409 e. The molecule has 1 heterocycles. The third-order valence-corrected chi connectivity index (χ3v) is 3.40. The zero-order valence-corrected chi connectivity index (χ0v) is 11.0. The highest BCUT2D eigenvalue weighted by Gasteiger charge is 2.19. The summed E-state index contributed by atoms with van der Waals surface area (Å²) < 4.78 is 0. The van der Waals surface area contributed by atoms with Crippen LogP contribution in [0, 0.1) is 0 Å². The summed E-state index contributed by atoms with van der Waals surface area (Å²) >= 11 is 7.18. The molecule has 3 N–H and O–H groups in total. The quantitative estimate of drug-likeness (QED) is 0.373. The van der Waals surface area contributed by atoms with Crippen molar-refractivity contribution < 1.29 is 10.0 Å². The highest BCUT2D eigenvalue weighted by atomic mass is 35.5. The van der Waals surface area contributed by atoms with Gasteiger partial charge in [0.05, 0.1) is 11.6 Å². The Labute approximate surface area is 108 Å². The van der Waals surface area contributed by atoms with Gasteiger partial charge in [-0.25, -0.2) is 0 Å². The predicted molar refractivity (Wildman–Crippen MR) is 68.9 cm³/mol. The Bertz CT molecular complexity index is 419. The molecule has 17 heavy (non-hydrogen) atoms. The summed E-state index contributed by atoms with van der Waals surface area (Å²) in [6.07, 6.45) is 0.785. The van der Waals surface area contributed by atoms with Gasteiger partial charge in [-0.1, -0.05) is 23.7 Å². The van der Waals surface area contributed by atoms with Crippen LogP contribution in [0.3, 0.4) is 0 Å². The fraction of sp³-hybridized carbons (Fsp3) is 0.400. The summed E-state index contributed by atoms with van der Waals surface area (Å²) in [5.41, 5.74) is 5.41. The third-order valence-electron chi connectivity index (χ3n) is 2.07. The van der Waals surface area contributed by atoms with Gasteiger partial charge in [-0.05, 0) is 17.9 Å². The van der Waals surface area contributed by atoms with Crippen molar-refractivity contribution in [1.82, 2.24) is 4.90 Å². The van der Waals surface area contributed by atoms with E-state index in [1.54, 1.807) is 11.4 Å². The molecule has 1 aromatic rings. The Morgan fingerprint density at radius 3 is 2.88 bits per heavy atom. The molecule has 0 radical (unpaired) electrons. The molecule has 1 aromatic heterocycles. The van der Waals surface area contributed by atoms with Crippen molar-refractivity contribution in [3.63, 3.8) is 0 Å². The van der Waals surface area contributed by atoms with Crippen molar-refractivity contribution in [2.24, 2.45) is 10.9 Å². The average molecular weight is 276 g/mol. The van der Waals surface area contributed by atoms with Gasteiger partial charge in [0.25, 0.3) is 5.91 Å². The molecule has 0 fully saturated rings. The molecule has 1 amide bonds. The minimum atomic E-state index is -0.196. The number of hydrogen-bond acceptors (Lipinski definition) is 4. The van der Waals surface area contributed by atoms with E-state index in [0.29, 0.717) is 16.4 Å². The second-order valence-electron chi connectivity index (χ2n) is 3.42. The van der Waals surface area contributed by atoms with Crippen LogP contribution in [-0.2, 0) is 0 Å². The van der Waals surface area contributed by atoms with E-state index in [9.17, 15) is 4.79 Å². The van der Waals surface area contributed by atoms with Gasteiger partial charge in [-0.3, -0.25) is 4.79 Å². The average Bonchev–Trinajstić information content (AvgIpc) is 2.73. The molecule has 7 heteroatoms. The van der Waals surface area contributed by atoms with Crippen LogP contribution in [-0.4, -0.2) is 34.9 Å². The molecule has 0 saturated carbocycles. The van der Waals surface area contributed by atoms with Crippen molar-refractivity contribution in [1.29, 1.82) is 0 Å². The number of nitrogens with zero attached hydrogens (tertiary/aromatic N) is 2. The first kappa shape index (κ1) is 13.8. The van der Waals surface area contributed by atoms with Crippen LogP contribution < -0.4 is 5.73 Å². The Hall–Kier alpha value is -1.27. The first-order valence-corrected chi connectivity index (χ1v) is 6.34. The lowest BCUT2D eigenvalue weighted by Gasteiger charge is -2.20. The Kier molecular flexibility index (Phi) is 5.24. The molecule has 0 spiro atoms. The van der Waals surface area contributed by atoms with Gasteiger partial charge in [-0.15, -0.1) is 11.3 Å². The summed E-state index contributed by atoms with van der Waals surface area (Å²) in [5.74, 6) is -0.196. The highest BCUT2D eigenvalue weighted by molar-refractivity contribution is 7.12. The lowest BCUT2D eigenvalue weighted by molar-refractivity contribution is 0.0783. The molecule has 0 aliphatic carbocycles. The lowest BCUT2D eigenvalue weighted by atomic mass is 10.3. The molecule has 0 aliphatic rings. The van der Waals surface area contributed by atoms with Crippen LogP contribution in [0.15, 0.2) is 16.6 Å². The number of carbonyl (C=O) groups excluding carboxylic acids is 1. The fourth-order valence-corrected chi connectivity index (χ4v) is 2.44. The lowest BCUT2D eigenvalue weighted by Crippen LogP contribution is -2.38. The standard InChI is InChI=1S/C10H14ClN3O2S/c1-2-4-14(6-8(12)13-16)10(15)9-7(11)3-5-17-9/h3,5,16H,2,4,6H2,1H3,(H2,12,13). The largest absolute Gasteiger partial charge is 0.409 e. The molecular weight excluding hydrogens is 262 g/mol. The van der Waals surface area contributed by atoms with Gasteiger partial charge in [0.2, 0.25) is 0 Å². The van der Waals surface area contributed by atoms with Crippen molar-refractivity contribution in [3.05, 3.63) is 21.3 Å². The molecule has 1 rings (SSSR count). The van der Waals surface area contributed by atoms with Crippen molar-refractivity contribution in [3.8, 4) is 0 Å². The maximum atomic E-state index is 12.1. The fourth-order valence-electron chi connectivity index (χ4n) is 1.34. The number of halogens is 1. The molecule has 0 aromatic carbocycles. The summed E-state index contributed by atoms with van der Waals surface area (Å²) in [6.45, 7) is 2.57. The predicted octanol–water partition coefficient (Wildman–Crippen LogP) is 2.00. The maximum Gasteiger partial charge on any atom is 0.265 e. The van der Waals surface area contributed by atoms with Gasteiger partial charge >= 0.3 is 0 Å². The Morgan fingerprint density at radius 1 is 1.71 bits per heavy atom. The molecule has 94 valence electrons. The SMILES string of the molecule is CCCN(C/C(N)=N/O)C(=O)c1sccc1Cl. The number of hydrogen-bond donors (Lipinski definition) is 2. The van der Waals surface area contributed by atoms with Crippen molar-refractivity contribution in [2.75, 3.05) is 13.1 Å². The van der Waals surface area contributed by atoms with E-state index in [4.69, 9.17) is 22.5 Å². The van der Waals surface area contributed by atoms with Crippen molar-refractivity contribution >= 4 is 34.7 Å². The van der Waals surface area contributed by atoms with E-state index in [1.807, 2.05) is 6.92 Å². The van der Waals surface area contributed by atoms with Crippen LogP contribution >= 0.6 is 22.9 Å². The third kappa shape index (κ3) is 3.61. The normalized spacial score (nSPS) is 11.5. The van der Waals surface area contributed by atoms with Gasteiger partial charge < -0.3 is 15.8 Å². The van der Waals surface area contributed by atoms with Crippen LogP contribution in [0.1, 0.15) is 23.0 Å². The van der Waals surface area contributed by atoms with E-state index in [0.717, 1.165) is 6.42 Å². The number of carbonyl (C=O) groups is 1. The second-order valence-corrected chi connectivity index (χ2v) is 4.74. The Balaban J connectivity index is 2.84. The maximum absolute atomic E-state index is 12.1. The number of oxime groups is 1. The first-order chi connectivity index (χ1) is 8.10. The number of thiophene rings is 1. The molecule has 0 saturated heterocycles. The van der Waals surface area contributed by atoms with E-state index in [1.165, 1.54) is 16.2 Å². The monoisotopic (exact) mass is 275 g/mol. The number of nitrogens with two attached hydrogens (primary N) is 1. The summed E-state index contributed by atoms with van der Waals surface area (Å²) in [4.78, 5) is 14.1. The van der Waals surface area contributed by atoms with E-state index in [2.05, 4.69) is 5.16 Å². The van der Waals surface area contributed by atoms with Gasteiger partial charge in [0, 0.05) is 6.54 Å². The van der Waals surface area contributed by atoms with Crippen LogP contribution in [0.25, 0.3) is 0 Å². The first-order valence-electron chi connectivity index (χ1n) is 5.08. The zero-order chi connectivity index (χ0) is 12.8. The zero-order valence-electron chi connectivity index (χ0n) is 9.39. The summed E-state index contributed by atoms with van der Waals surface area (Å²) in [6, 6.07) is 1.67. The second kappa shape index (κ2) is 6.46. The van der Waals surface area contributed by atoms with E-state index >= 15 is 0 Å². The number of rotatable bonds is 5. The summed E-state index contributed by atoms with van der Waals surface area (Å²) in [7, 11) is 0. The minimum absolute atomic E-state index is 0.000483. The smallest absolute Gasteiger partial charge is 0.265 e. The molecule has 0 aliphatic heterocycles.